The van der Waals surface area contributed by atoms with E-state index in [0.717, 1.165) is 0 Å². The van der Waals surface area contributed by atoms with Gasteiger partial charge in [-0.25, -0.2) is 0 Å². The van der Waals surface area contributed by atoms with E-state index in [9.17, 15) is 4.79 Å². The van der Waals surface area contributed by atoms with Crippen molar-refractivity contribution in [2.45, 2.75) is 20.0 Å². The zero-order valence-electron chi connectivity index (χ0n) is 5.77. The number of amides is 1. The predicted octanol–water partition coefficient (Wildman–Crippen LogP) is -0.312. The third-order valence-electron chi connectivity index (χ3n) is 1.47. The van der Waals surface area contributed by atoms with Crippen molar-refractivity contribution in [1.82, 2.24) is 10.6 Å². The third kappa shape index (κ3) is 1.42. The van der Waals surface area contributed by atoms with Crippen LogP contribution in [0.15, 0.2) is 0 Å². The van der Waals surface area contributed by atoms with Crippen LogP contribution >= 0.6 is 0 Å². The van der Waals surface area contributed by atoms with Gasteiger partial charge in [0.2, 0.25) is 5.91 Å². The molecule has 52 valence electrons. The second kappa shape index (κ2) is 2.35. The number of hydrogen-bond acceptors (Lipinski definition) is 2. The SMILES string of the molecule is CC(C)C1NCC(=O)N1. The maximum atomic E-state index is 10.6. The van der Waals surface area contributed by atoms with Gasteiger partial charge in [0.05, 0.1) is 12.7 Å². The van der Waals surface area contributed by atoms with Crippen LogP contribution in [-0.4, -0.2) is 18.6 Å². The van der Waals surface area contributed by atoms with Crippen LogP contribution in [0.25, 0.3) is 0 Å². The Bertz CT molecular complexity index is 122. The fourth-order valence-electron chi connectivity index (χ4n) is 0.881. The Balaban J connectivity index is 2.39. The van der Waals surface area contributed by atoms with Crippen molar-refractivity contribution in [2.24, 2.45) is 5.92 Å². The van der Waals surface area contributed by atoms with E-state index >= 15 is 0 Å². The fraction of sp³-hybridized carbons (Fsp3) is 0.833. The summed E-state index contributed by atoms with van der Waals surface area (Å²) in [7, 11) is 0. The Labute approximate surface area is 54.8 Å². The average Bonchev–Trinajstić information content (AvgIpc) is 2.14. The van der Waals surface area contributed by atoms with Gasteiger partial charge in [-0.1, -0.05) is 13.8 Å². The van der Waals surface area contributed by atoms with E-state index in [-0.39, 0.29) is 12.1 Å². The Morgan fingerprint density at radius 1 is 1.67 bits per heavy atom. The highest BCUT2D eigenvalue weighted by atomic mass is 16.2. The minimum atomic E-state index is 0.105. The van der Waals surface area contributed by atoms with Gasteiger partial charge in [0.15, 0.2) is 0 Å². The zero-order chi connectivity index (χ0) is 6.85. The summed E-state index contributed by atoms with van der Waals surface area (Å²) >= 11 is 0. The van der Waals surface area contributed by atoms with Gasteiger partial charge < -0.3 is 5.32 Å². The molecule has 0 aromatic heterocycles. The maximum absolute atomic E-state index is 10.6. The van der Waals surface area contributed by atoms with Crippen molar-refractivity contribution in [2.75, 3.05) is 6.54 Å². The number of carbonyl (C=O) groups is 1. The summed E-state index contributed by atoms with van der Waals surface area (Å²) in [5, 5.41) is 5.85. The van der Waals surface area contributed by atoms with Crippen LogP contribution in [0.3, 0.4) is 0 Å². The maximum Gasteiger partial charge on any atom is 0.235 e. The largest absolute Gasteiger partial charge is 0.339 e. The quantitative estimate of drug-likeness (QED) is 0.508. The lowest BCUT2D eigenvalue weighted by atomic mass is 10.2. The highest BCUT2D eigenvalue weighted by Crippen LogP contribution is 2.00. The Morgan fingerprint density at radius 2 is 2.33 bits per heavy atom. The first kappa shape index (κ1) is 6.55. The summed E-state index contributed by atoms with van der Waals surface area (Å²) in [6.07, 6.45) is 0.192. The van der Waals surface area contributed by atoms with Crippen molar-refractivity contribution in [3.63, 3.8) is 0 Å². The molecule has 0 aliphatic carbocycles. The lowest BCUT2D eigenvalue weighted by Gasteiger charge is -2.13. The van der Waals surface area contributed by atoms with E-state index < -0.39 is 0 Å². The van der Waals surface area contributed by atoms with Crippen LogP contribution in [0, 0.1) is 5.92 Å². The Morgan fingerprint density at radius 3 is 2.56 bits per heavy atom. The monoisotopic (exact) mass is 128 g/mol. The van der Waals surface area contributed by atoms with E-state index in [2.05, 4.69) is 24.5 Å². The van der Waals surface area contributed by atoms with E-state index in [1.165, 1.54) is 0 Å². The lowest BCUT2D eigenvalue weighted by Crippen LogP contribution is -2.36. The first-order chi connectivity index (χ1) is 4.20. The molecule has 1 aliphatic heterocycles. The Hall–Kier alpha value is -0.570. The molecule has 1 rings (SSSR count). The van der Waals surface area contributed by atoms with E-state index in [1.54, 1.807) is 0 Å². The van der Waals surface area contributed by atoms with Gasteiger partial charge in [-0.2, -0.15) is 0 Å². The van der Waals surface area contributed by atoms with Crippen molar-refractivity contribution in [3.05, 3.63) is 0 Å². The molecule has 0 aromatic rings. The lowest BCUT2D eigenvalue weighted by molar-refractivity contribution is -0.118. The Kier molecular flexibility index (Phi) is 1.71. The molecule has 1 atom stereocenters. The first-order valence-electron chi connectivity index (χ1n) is 3.23. The molecule has 1 heterocycles. The van der Waals surface area contributed by atoms with Crippen LogP contribution < -0.4 is 10.6 Å². The molecular weight excluding hydrogens is 116 g/mol. The summed E-state index contributed by atoms with van der Waals surface area (Å²) in [5.74, 6) is 0.588. The van der Waals surface area contributed by atoms with Gasteiger partial charge in [0.25, 0.3) is 0 Å². The van der Waals surface area contributed by atoms with Crippen molar-refractivity contribution < 1.29 is 4.79 Å². The van der Waals surface area contributed by atoms with Gasteiger partial charge in [-0.15, -0.1) is 0 Å². The van der Waals surface area contributed by atoms with Gasteiger partial charge >= 0.3 is 0 Å². The normalized spacial score (nSPS) is 27.0. The van der Waals surface area contributed by atoms with Crippen LogP contribution in [0.5, 0.6) is 0 Å². The summed E-state index contributed by atoms with van der Waals surface area (Å²) in [4.78, 5) is 10.6. The molecule has 1 unspecified atom stereocenters. The molecule has 1 saturated heterocycles. The molecule has 0 aromatic carbocycles. The van der Waals surface area contributed by atoms with E-state index in [0.29, 0.717) is 12.5 Å². The van der Waals surface area contributed by atoms with Crippen molar-refractivity contribution in [3.8, 4) is 0 Å². The minimum absolute atomic E-state index is 0.105. The highest BCUT2D eigenvalue weighted by molar-refractivity contribution is 5.80. The van der Waals surface area contributed by atoms with Crippen LogP contribution in [0.2, 0.25) is 0 Å². The van der Waals surface area contributed by atoms with Crippen molar-refractivity contribution >= 4 is 5.91 Å². The third-order valence-corrected chi connectivity index (χ3v) is 1.47. The molecular formula is C6H12N2O. The summed E-state index contributed by atoms with van der Waals surface area (Å²) in [6.45, 7) is 4.62. The minimum Gasteiger partial charge on any atom is -0.339 e. The molecule has 0 bridgehead atoms. The molecule has 0 radical (unpaired) electrons. The van der Waals surface area contributed by atoms with E-state index in [4.69, 9.17) is 0 Å². The molecule has 3 nitrogen and oxygen atoms in total. The molecule has 3 heteroatoms. The number of nitrogens with one attached hydrogen (secondary N) is 2. The molecule has 0 saturated carbocycles. The average molecular weight is 128 g/mol. The zero-order valence-corrected chi connectivity index (χ0v) is 5.77. The van der Waals surface area contributed by atoms with Crippen LogP contribution in [-0.2, 0) is 4.79 Å². The second-order valence-electron chi connectivity index (χ2n) is 2.67. The summed E-state index contributed by atoms with van der Waals surface area (Å²) in [6, 6.07) is 0. The van der Waals surface area contributed by atoms with E-state index in [1.807, 2.05) is 0 Å². The predicted molar refractivity (Wildman–Crippen MR) is 34.8 cm³/mol. The topological polar surface area (TPSA) is 41.1 Å². The standard InChI is InChI=1S/C6H12N2O/c1-4(2)6-7-3-5(9)8-6/h4,6-7H,3H2,1-2H3,(H,8,9). The van der Waals surface area contributed by atoms with Gasteiger partial charge in [-0.3, -0.25) is 10.1 Å². The molecule has 1 fully saturated rings. The van der Waals surface area contributed by atoms with Gasteiger partial charge in [-0.05, 0) is 5.92 Å². The fourth-order valence-corrected chi connectivity index (χ4v) is 0.881. The smallest absolute Gasteiger partial charge is 0.235 e. The number of hydrogen-bond donors (Lipinski definition) is 2. The first-order valence-corrected chi connectivity index (χ1v) is 3.23. The van der Waals surface area contributed by atoms with Crippen LogP contribution in [0.4, 0.5) is 0 Å². The number of rotatable bonds is 1. The molecule has 0 spiro atoms. The summed E-state index contributed by atoms with van der Waals surface area (Å²) in [5.41, 5.74) is 0. The molecule has 1 aliphatic rings. The molecule has 9 heavy (non-hydrogen) atoms. The van der Waals surface area contributed by atoms with Crippen molar-refractivity contribution in [1.29, 1.82) is 0 Å². The molecule has 2 N–H and O–H groups in total. The van der Waals surface area contributed by atoms with Gasteiger partial charge in [0, 0.05) is 0 Å². The molecule has 1 amide bonds. The number of carbonyl (C=O) groups excluding carboxylic acids is 1. The van der Waals surface area contributed by atoms with Gasteiger partial charge in [0.1, 0.15) is 0 Å². The summed E-state index contributed by atoms with van der Waals surface area (Å²) < 4.78 is 0. The highest BCUT2D eigenvalue weighted by Gasteiger charge is 2.21. The second-order valence-corrected chi connectivity index (χ2v) is 2.67. The van der Waals surface area contributed by atoms with Crippen LogP contribution in [0.1, 0.15) is 13.8 Å².